The van der Waals surface area contributed by atoms with E-state index in [9.17, 15) is 0 Å². The number of para-hydroxylation sites is 1. The lowest BCUT2D eigenvalue weighted by molar-refractivity contribution is 0.580. The summed E-state index contributed by atoms with van der Waals surface area (Å²) in [5.74, 6) is 0.962. The number of aryl methyl sites for hydroxylation is 1. The molecule has 90 valence electrons. The Labute approximate surface area is 106 Å². The van der Waals surface area contributed by atoms with Gasteiger partial charge in [-0.25, -0.2) is 0 Å². The van der Waals surface area contributed by atoms with E-state index >= 15 is 0 Å². The Bertz CT molecular complexity index is 697. The van der Waals surface area contributed by atoms with Gasteiger partial charge in [-0.2, -0.15) is 0 Å². The minimum atomic E-state index is 0.944. The highest BCUT2D eigenvalue weighted by atomic mass is 16.3. The zero-order valence-electron chi connectivity index (χ0n) is 10.5. The molecule has 0 saturated heterocycles. The third-order valence-corrected chi connectivity index (χ3v) is 3.21. The number of furan rings is 1. The van der Waals surface area contributed by atoms with Crippen LogP contribution in [-0.4, -0.2) is 7.05 Å². The third-order valence-electron chi connectivity index (χ3n) is 3.21. The van der Waals surface area contributed by atoms with E-state index in [0.717, 1.165) is 17.0 Å². The summed E-state index contributed by atoms with van der Waals surface area (Å²) < 4.78 is 5.81. The van der Waals surface area contributed by atoms with E-state index < -0.39 is 0 Å². The van der Waals surface area contributed by atoms with Gasteiger partial charge in [0.15, 0.2) is 0 Å². The van der Waals surface area contributed by atoms with E-state index in [1.54, 1.807) is 0 Å². The van der Waals surface area contributed by atoms with Crippen molar-refractivity contribution in [3.63, 3.8) is 0 Å². The molecule has 1 heterocycles. The van der Waals surface area contributed by atoms with E-state index in [1.165, 1.54) is 16.5 Å². The summed E-state index contributed by atoms with van der Waals surface area (Å²) in [7, 11) is 1.93. The Balaban J connectivity index is 2.27. The van der Waals surface area contributed by atoms with Gasteiger partial charge < -0.3 is 9.73 Å². The quantitative estimate of drug-likeness (QED) is 0.712. The molecule has 0 aliphatic heterocycles. The first-order valence-corrected chi connectivity index (χ1v) is 6.06. The molecular weight excluding hydrogens is 222 g/mol. The molecule has 0 radical (unpaired) electrons. The van der Waals surface area contributed by atoms with Gasteiger partial charge in [0.2, 0.25) is 0 Å². The highest BCUT2D eigenvalue weighted by molar-refractivity contribution is 5.96. The van der Waals surface area contributed by atoms with Crippen molar-refractivity contribution in [1.29, 1.82) is 0 Å². The second-order valence-corrected chi connectivity index (χ2v) is 4.36. The van der Waals surface area contributed by atoms with Crippen LogP contribution in [0.1, 0.15) is 5.76 Å². The second kappa shape index (κ2) is 4.22. The lowest BCUT2D eigenvalue weighted by Gasteiger charge is -2.04. The molecule has 0 unspecified atom stereocenters. The van der Waals surface area contributed by atoms with Crippen molar-refractivity contribution < 1.29 is 4.42 Å². The van der Waals surface area contributed by atoms with Gasteiger partial charge in [-0.15, -0.1) is 0 Å². The normalized spacial score (nSPS) is 10.8. The zero-order valence-corrected chi connectivity index (χ0v) is 10.5. The Morgan fingerprint density at radius 1 is 1.00 bits per heavy atom. The van der Waals surface area contributed by atoms with Crippen molar-refractivity contribution in [1.82, 2.24) is 0 Å². The van der Waals surface area contributed by atoms with Crippen molar-refractivity contribution in [2.24, 2.45) is 0 Å². The SMILES string of the molecule is CNc1cccc(-c2c(C)oc3ccccc23)c1. The molecule has 0 saturated carbocycles. The highest BCUT2D eigenvalue weighted by Gasteiger charge is 2.12. The zero-order chi connectivity index (χ0) is 12.5. The molecule has 2 nitrogen and oxygen atoms in total. The van der Waals surface area contributed by atoms with Crippen LogP contribution in [0.2, 0.25) is 0 Å². The van der Waals surface area contributed by atoms with Crippen molar-refractivity contribution >= 4 is 16.7 Å². The van der Waals surface area contributed by atoms with E-state index in [0.29, 0.717) is 0 Å². The number of benzene rings is 2. The van der Waals surface area contributed by atoms with Gasteiger partial charge in [-0.05, 0) is 30.7 Å². The first kappa shape index (κ1) is 10.9. The molecule has 1 aromatic heterocycles. The lowest BCUT2D eigenvalue weighted by atomic mass is 10.0. The standard InChI is InChI=1S/C16H15NO/c1-11-16(12-6-5-7-13(10-12)17-2)14-8-3-4-9-15(14)18-11/h3-10,17H,1-2H3. The van der Waals surface area contributed by atoms with Crippen LogP contribution in [0.15, 0.2) is 52.9 Å². The molecule has 3 aromatic rings. The van der Waals surface area contributed by atoms with E-state index in [2.05, 4.69) is 35.6 Å². The average Bonchev–Trinajstić information content (AvgIpc) is 2.74. The number of hydrogen-bond donors (Lipinski definition) is 1. The largest absolute Gasteiger partial charge is 0.461 e. The lowest BCUT2D eigenvalue weighted by Crippen LogP contribution is -1.88. The Kier molecular flexibility index (Phi) is 2.56. The minimum absolute atomic E-state index is 0.944. The Morgan fingerprint density at radius 3 is 2.67 bits per heavy atom. The molecule has 1 N–H and O–H groups in total. The molecular formula is C16H15NO. The summed E-state index contributed by atoms with van der Waals surface area (Å²) in [6, 6.07) is 16.5. The number of fused-ring (bicyclic) bond motifs is 1. The topological polar surface area (TPSA) is 25.2 Å². The van der Waals surface area contributed by atoms with E-state index in [1.807, 2.05) is 32.2 Å². The van der Waals surface area contributed by atoms with Crippen molar-refractivity contribution in [3.05, 3.63) is 54.3 Å². The molecule has 0 aliphatic carbocycles. The van der Waals surface area contributed by atoms with E-state index in [4.69, 9.17) is 4.42 Å². The first-order chi connectivity index (χ1) is 8.79. The minimum Gasteiger partial charge on any atom is -0.461 e. The molecule has 2 heteroatoms. The summed E-state index contributed by atoms with van der Waals surface area (Å²) >= 11 is 0. The van der Waals surface area contributed by atoms with Crippen molar-refractivity contribution in [2.45, 2.75) is 6.92 Å². The molecule has 18 heavy (non-hydrogen) atoms. The fraction of sp³-hybridized carbons (Fsp3) is 0.125. The summed E-state index contributed by atoms with van der Waals surface area (Å²) in [6.45, 7) is 2.02. The van der Waals surface area contributed by atoms with Crippen LogP contribution in [0.4, 0.5) is 5.69 Å². The van der Waals surface area contributed by atoms with Crippen LogP contribution < -0.4 is 5.32 Å². The van der Waals surface area contributed by atoms with Crippen LogP contribution in [0.25, 0.3) is 22.1 Å². The van der Waals surface area contributed by atoms with Gasteiger partial charge in [0.05, 0.1) is 0 Å². The predicted molar refractivity (Wildman–Crippen MR) is 75.9 cm³/mol. The molecule has 0 bridgehead atoms. The predicted octanol–water partition coefficient (Wildman–Crippen LogP) is 4.45. The maximum Gasteiger partial charge on any atom is 0.134 e. The number of hydrogen-bond acceptors (Lipinski definition) is 2. The number of anilines is 1. The van der Waals surface area contributed by atoms with E-state index in [-0.39, 0.29) is 0 Å². The average molecular weight is 237 g/mol. The monoisotopic (exact) mass is 237 g/mol. The number of nitrogens with one attached hydrogen (secondary N) is 1. The van der Waals surface area contributed by atoms with Gasteiger partial charge in [0.1, 0.15) is 11.3 Å². The molecule has 0 aliphatic rings. The molecule has 0 fully saturated rings. The van der Waals surface area contributed by atoms with Crippen molar-refractivity contribution in [3.8, 4) is 11.1 Å². The summed E-state index contributed by atoms with van der Waals surface area (Å²) in [5, 5.41) is 4.34. The van der Waals surface area contributed by atoms with Crippen LogP contribution in [0.3, 0.4) is 0 Å². The summed E-state index contributed by atoms with van der Waals surface area (Å²) in [6.07, 6.45) is 0. The maximum absolute atomic E-state index is 5.81. The molecule has 3 rings (SSSR count). The summed E-state index contributed by atoms with van der Waals surface area (Å²) in [4.78, 5) is 0. The maximum atomic E-state index is 5.81. The van der Waals surface area contributed by atoms with Gasteiger partial charge in [-0.1, -0.05) is 30.3 Å². The van der Waals surface area contributed by atoms with Crippen LogP contribution >= 0.6 is 0 Å². The Hall–Kier alpha value is -2.22. The molecule has 0 spiro atoms. The summed E-state index contributed by atoms with van der Waals surface area (Å²) in [5.41, 5.74) is 4.42. The van der Waals surface area contributed by atoms with Crippen LogP contribution in [0.5, 0.6) is 0 Å². The molecule has 0 atom stereocenters. The van der Waals surface area contributed by atoms with Gasteiger partial charge in [-0.3, -0.25) is 0 Å². The van der Waals surface area contributed by atoms with Crippen LogP contribution in [-0.2, 0) is 0 Å². The van der Waals surface area contributed by atoms with Crippen molar-refractivity contribution in [2.75, 3.05) is 12.4 Å². The smallest absolute Gasteiger partial charge is 0.134 e. The molecule has 2 aromatic carbocycles. The van der Waals surface area contributed by atoms with Gasteiger partial charge >= 0.3 is 0 Å². The highest BCUT2D eigenvalue weighted by Crippen LogP contribution is 2.35. The second-order valence-electron chi connectivity index (χ2n) is 4.36. The van der Waals surface area contributed by atoms with Gasteiger partial charge in [0, 0.05) is 23.7 Å². The van der Waals surface area contributed by atoms with Gasteiger partial charge in [0.25, 0.3) is 0 Å². The number of rotatable bonds is 2. The third kappa shape index (κ3) is 1.66. The first-order valence-electron chi connectivity index (χ1n) is 6.06. The fourth-order valence-electron chi connectivity index (χ4n) is 2.36. The Morgan fingerprint density at radius 2 is 1.83 bits per heavy atom. The molecule has 0 amide bonds. The fourth-order valence-corrected chi connectivity index (χ4v) is 2.36. The van der Waals surface area contributed by atoms with Crippen LogP contribution in [0, 0.1) is 6.92 Å².